The smallest absolute Gasteiger partial charge is 0.0453 e. The van der Waals surface area contributed by atoms with Crippen LogP contribution in [0.15, 0.2) is 24.3 Å². The Morgan fingerprint density at radius 2 is 2.00 bits per heavy atom. The molecular weight excluding hydrogens is 262 g/mol. The zero-order chi connectivity index (χ0) is 13.5. The first kappa shape index (κ1) is 15.9. The van der Waals surface area contributed by atoms with Crippen LogP contribution in [0.4, 0.5) is 0 Å². The van der Waals surface area contributed by atoms with Crippen molar-refractivity contribution < 1.29 is 0 Å². The Labute approximate surface area is 122 Å². The maximum absolute atomic E-state index is 6.25. The molecule has 3 heteroatoms. The first-order valence-electron chi connectivity index (χ1n) is 6.65. The largest absolute Gasteiger partial charge is 0.299 e. The summed E-state index contributed by atoms with van der Waals surface area (Å²) < 4.78 is 0. The van der Waals surface area contributed by atoms with Crippen LogP contribution in [-0.4, -0.2) is 24.2 Å². The van der Waals surface area contributed by atoms with Gasteiger partial charge in [-0.15, -0.1) is 0 Å². The van der Waals surface area contributed by atoms with Gasteiger partial charge in [0.05, 0.1) is 0 Å². The van der Waals surface area contributed by atoms with Gasteiger partial charge in [0.15, 0.2) is 0 Å². The lowest BCUT2D eigenvalue weighted by atomic mass is 10.0. The number of hydrogen-bond acceptors (Lipinski definition) is 2. The molecule has 1 nitrogen and oxygen atoms in total. The SMILES string of the molecule is CCCC(CS)CN(C)C(C)c1ccccc1Cl. The second-order valence-electron chi connectivity index (χ2n) is 4.97. The molecule has 0 saturated carbocycles. The van der Waals surface area contributed by atoms with Crippen molar-refractivity contribution in [1.29, 1.82) is 0 Å². The average molecular weight is 286 g/mol. The van der Waals surface area contributed by atoms with Crippen LogP contribution in [-0.2, 0) is 0 Å². The summed E-state index contributed by atoms with van der Waals surface area (Å²) in [7, 11) is 2.17. The van der Waals surface area contributed by atoms with Crippen molar-refractivity contribution in [3.05, 3.63) is 34.9 Å². The average Bonchev–Trinajstić information content (AvgIpc) is 2.37. The molecule has 18 heavy (non-hydrogen) atoms. The van der Waals surface area contributed by atoms with Gasteiger partial charge < -0.3 is 0 Å². The minimum absolute atomic E-state index is 0.345. The summed E-state index contributed by atoms with van der Waals surface area (Å²) in [5.74, 6) is 1.61. The zero-order valence-electron chi connectivity index (χ0n) is 11.6. The highest BCUT2D eigenvalue weighted by Crippen LogP contribution is 2.27. The lowest BCUT2D eigenvalue weighted by Gasteiger charge is -2.29. The summed E-state index contributed by atoms with van der Waals surface area (Å²) in [4.78, 5) is 2.37. The third kappa shape index (κ3) is 4.49. The van der Waals surface area contributed by atoms with E-state index in [0.29, 0.717) is 12.0 Å². The minimum atomic E-state index is 0.345. The van der Waals surface area contributed by atoms with E-state index >= 15 is 0 Å². The van der Waals surface area contributed by atoms with Crippen molar-refractivity contribution in [2.75, 3.05) is 19.3 Å². The van der Waals surface area contributed by atoms with E-state index in [-0.39, 0.29) is 0 Å². The topological polar surface area (TPSA) is 3.24 Å². The molecule has 0 aromatic heterocycles. The molecule has 1 aromatic rings. The lowest BCUT2D eigenvalue weighted by molar-refractivity contribution is 0.223. The molecule has 0 spiro atoms. The molecule has 2 atom stereocenters. The quantitative estimate of drug-likeness (QED) is 0.712. The van der Waals surface area contributed by atoms with Crippen molar-refractivity contribution in [3.8, 4) is 0 Å². The van der Waals surface area contributed by atoms with Crippen LogP contribution in [0.1, 0.15) is 38.3 Å². The normalized spacial score (nSPS) is 14.8. The number of halogens is 1. The monoisotopic (exact) mass is 285 g/mol. The van der Waals surface area contributed by atoms with Crippen molar-refractivity contribution in [2.24, 2.45) is 5.92 Å². The van der Waals surface area contributed by atoms with E-state index in [0.717, 1.165) is 17.3 Å². The number of hydrogen-bond donors (Lipinski definition) is 1. The fourth-order valence-electron chi connectivity index (χ4n) is 2.27. The molecule has 102 valence electrons. The fraction of sp³-hybridized carbons (Fsp3) is 0.600. The number of thiol groups is 1. The number of rotatable bonds is 7. The van der Waals surface area contributed by atoms with Crippen LogP contribution < -0.4 is 0 Å². The predicted octanol–water partition coefficient (Wildman–Crippen LogP) is 4.68. The second kappa shape index (κ2) is 8.08. The molecule has 0 aliphatic rings. The Bertz CT molecular complexity index is 356. The molecule has 2 unspecified atom stereocenters. The molecule has 0 heterocycles. The van der Waals surface area contributed by atoms with Gasteiger partial charge in [-0.1, -0.05) is 43.1 Å². The Balaban J connectivity index is 2.66. The zero-order valence-corrected chi connectivity index (χ0v) is 13.2. The van der Waals surface area contributed by atoms with E-state index in [1.807, 2.05) is 18.2 Å². The highest BCUT2D eigenvalue weighted by atomic mass is 35.5. The van der Waals surface area contributed by atoms with E-state index in [9.17, 15) is 0 Å². The van der Waals surface area contributed by atoms with E-state index in [4.69, 9.17) is 11.6 Å². The van der Waals surface area contributed by atoms with E-state index < -0.39 is 0 Å². The van der Waals surface area contributed by atoms with Gasteiger partial charge in [0.2, 0.25) is 0 Å². The van der Waals surface area contributed by atoms with Crippen molar-refractivity contribution in [2.45, 2.75) is 32.7 Å². The highest BCUT2D eigenvalue weighted by Gasteiger charge is 2.17. The number of benzene rings is 1. The van der Waals surface area contributed by atoms with E-state index in [1.165, 1.54) is 18.4 Å². The Hall–Kier alpha value is -0.180. The summed E-state index contributed by atoms with van der Waals surface area (Å²) in [6, 6.07) is 8.44. The van der Waals surface area contributed by atoms with Gasteiger partial charge in [-0.25, -0.2) is 0 Å². The van der Waals surface area contributed by atoms with Crippen LogP contribution in [0.3, 0.4) is 0 Å². The maximum atomic E-state index is 6.25. The number of nitrogens with zero attached hydrogens (tertiary/aromatic N) is 1. The maximum Gasteiger partial charge on any atom is 0.0453 e. The molecule has 0 saturated heterocycles. The molecule has 0 aliphatic carbocycles. The molecule has 0 amide bonds. The van der Waals surface area contributed by atoms with Crippen LogP contribution in [0, 0.1) is 5.92 Å². The summed E-state index contributed by atoms with van der Waals surface area (Å²) in [5, 5.41) is 0.856. The second-order valence-corrected chi connectivity index (χ2v) is 5.75. The van der Waals surface area contributed by atoms with Crippen LogP contribution in [0.5, 0.6) is 0 Å². The summed E-state index contributed by atoms with van der Waals surface area (Å²) >= 11 is 10.7. The van der Waals surface area contributed by atoms with Gasteiger partial charge in [-0.05, 0) is 43.7 Å². The Kier molecular flexibility index (Phi) is 7.13. The first-order chi connectivity index (χ1) is 8.60. The van der Waals surface area contributed by atoms with Crippen LogP contribution in [0.25, 0.3) is 0 Å². The minimum Gasteiger partial charge on any atom is -0.299 e. The molecule has 1 aromatic carbocycles. The first-order valence-corrected chi connectivity index (χ1v) is 7.66. The van der Waals surface area contributed by atoms with Crippen molar-refractivity contribution >= 4 is 24.2 Å². The van der Waals surface area contributed by atoms with Crippen LogP contribution >= 0.6 is 24.2 Å². The third-order valence-corrected chi connectivity index (χ3v) is 4.38. The van der Waals surface area contributed by atoms with E-state index in [1.54, 1.807) is 0 Å². The Morgan fingerprint density at radius 3 is 2.56 bits per heavy atom. The van der Waals surface area contributed by atoms with Gasteiger partial charge in [0.1, 0.15) is 0 Å². The molecule has 0 radical (unpaired) electrons. The lowest BCUT2D eigenvalue weighted by Crippen LogP contribution is -2.29. The molecule has 0 fully saturated rings. The van der Waals surface area contributed by atoms with Crippen LogP contribution in [0.2, 0.25) is 5.02 Å². The fourth-order valence-corrected chi connectivity index (χ4v) is 2.86. The predicted molar refractivity (Wildman–Crippen MR) is 84.7 cm³/mol. The summed E-state index contributed by atoms with van der Waals surface area (Å²) in [5.41, 5.74) is 1.20. The molecular formula is C15H24ClNS. The van der Waals surface area contributed by atoms with Gasteiger partial charge in [-0.2, -0.15) is 12.6 Å². The molecule has 0 bridgehead atoms. The standard InChI is InChI=1S/C15H24ClNS/c1-4-7-13(11-18)10-17(3)12(2)14-8-5-6-9-15(14)16/h5-6,8-9,12-13,18H,4,7,10-11H2,1-3H3. The van der Waals surface area contributed by atoms with Gasteiger partial charge >= 0.3 is 0 Å². The van der Waals surface area contributed by atoms with Crippen molar-refractivity contribution in [1.82, 2.24) is 4.90 Å². The summed E-state index contributed by atoms with van der Waals surface area (Å²) in [6.07, 6.45) is 2.46. The highest BCUT2D eigenvalue weighted by molar-refractivity contribution is 7.80. The molecule has 0 N–H and O–H groups in total. The van der Waals surface area contributed by atoms with E-state index in [2.05, 4.69) is 44.5 Å². The molecule has 1 rings (SSSR count). The third-order valence-electron chi connectivity index (χ3n) is 3.52. The van der Waals surface area contributed by atoms with Gasteiger partial charge in [0.25, 0.3) is 0 Å². The molecule has 0 aliphatic heterocycles. The van der Waals surface area contributed by atoms with Gasteiger partial charge in [-0.3, -0.25) is 4.90 Å². The van der Waals surface area contributed by atoms with Crippen molar-refractivity contribution in [3.63, 3.8) is 0 Å². The Morgan fingerprint density at radius 1 is 1.33 bits per heavy atom. The summed E-state index contributed by atoms with van der Waals surface area (Å²) in [6.45, 7) is 5.51. The van der Waals surface area contributed by atoms with Gasteiger partial charge in [0, 0.05) is 17.6 Å².